The smallest absolute Gasteiger partial charge is 0.0736 e. The normalized spacial score (nSPS) is 18.9. The lowest BCUT2D eigenvalue weighted by Gasteiger charge is -2.32. The molecule has 0 bridgehead atoms. The minimum Gasteiger partial charge on any atom is -0.372 e. The summed E-state index contributed by atoms with van der Waals surface area (Å²) in [4.78, 5) is 7.97. The van der Waals surface area contributed by atoms with Crippen molar-refractivity contribution in [2.75, 3.05) is 19.3 Å². The summed E-state index contributed by atoms with van der Waals surface area (Å²) in [5.74, 6) is 0. The number of ether oxygens (including phenoxy) is 1. The van der Waals surface area contributed by atoms with E-state index in [4.69, 9.17) is 4.74 Å². The molecule has 1 aliphatic rings. The largest absolute Gasteiger partial charge is 0.372 e. The van der Waals surface area contributed by atoms with Gasteiger partial charge in [0.1, 0.15) is 0 Å². The Morgan fingerprint density at radius 2 is 2.09 bits per heavy atom. The van der Waals surface area contributed by atoms with Gasteiger partial charge in [-0.15, -0.1) is 11.8 Å². The zero-order valence-corrected chi connectivity index (χ0v) is 14.5. The molecule has 0 N–H and O–H groups in total. The van der Waals surface area contributed by atoms with E-state index in [1.54, 1.807) is 18.0 Å². The van der Waals surface area contributed by atoms with Gasteiger partial charge in [0.05, 0.1) is 12.7 Å². The van der Waals surface area contributed by atoms with E-state index in [0.29, 0.717) is 12.7 Å². The second kappa shape index (κ2) is 8.48. The second-order valence-electron chi connectivity index (χ2n) is 6.02. The zero-order chi connectivity index (χ0) is 15.9. The van der Waals surface area contributed by atoms with Crippen LogP contribution in [0, 0.1) is 0 Å². The quantitative estimate of drug-likeness (QED) is 0.749. The summed E-state index contributed by atoms with van der Waals surface area (Å²) in [5.41, 5.74) is 2.54. The van der Waals surface area contributed by atoms with Crippen LogP contribution in [0.15, 0.2) is 53.7 Å². The molecule has 122 valence electrons. The van der Waals surface area contributed by atoms with Crippen molar-refractivity contribution in [2.24, 2.45) is 0 Å². The molecule has 0 aliphatic carbocycles. The van der Waals surface area contributed by atoms with Gasteiger partial charge in [-0.1, -0.05) is 18.2 Å². The average Bonchev–Trinajstić information content (AvgIpc) is 2.62. The van der Waals surface area contributed by atoms with Crippen LogP contribution in [0.25, 0.3) is 0 Å². The molecule has 1 atom stereocenters. The van der Waals surface area contributed by atoms with Crippen molar-refractivity contribution < 1.29 is 4.74 Å². The van der Waals surface area contributed by atoms with Crippen LogP contribution < -0.4 is 0 Å². The summed E-state index contributed by atoms with van der Waals surface area (Å²) in [6.45, 7) is 3.86. The summed E-state index contributed by atoms with van der Waals surface area (Å²) in [5, 5.41) is 0. The predicted octanol–water partition coefficient (Wildman–Crippen LogP) is 3.98. The number of pyridine rings is 1. The van der Waals surface area contributed by atoms with Gasteiger partial charge in [0, 0.05) is 30.4 Å². The molecule has 1 aromatic carbocycles. The Morgan fingerprint density at radius 1 is 1.22 bits per heavy atom. The number of thioether (sulfide) groups is 1. The number of piperidine rings is 1. The van der Waals surface area contributed by atoms with E-state index in [9.17, 15) is 0 Å². The Morgan fingerprint density at radius 3 is 2.83 bits per heavy atom. The molecule has 4 heteroatoms. The van der Waals surface area contributed by atoms with Gasteiger partial charge in [0.15, 0.2) is 0 Å². The van der Waals surface area contributed by atoms with E-state index >= 15 is 0 Å². The SMILES string of the molecule is CSc1ccc(CN2CCCC(OCc3cccnc3)C2)cc1. The Hall–Kier alpha value is -1.36. The van der Waals surface area contributed by atoms with Crippen LogP contribution in [0.4, 0.5) is 0 Å². The van der Waals surface area contributed by atoms with Gasteiger partial charge in [-0.05, 0) is 55.0 Å². The molecule has 0 spiro atoms. The number of nitrogens with zero attached hydrogens (tertiary/aromatic N) is 2. The van der Waals surface area contributed by atoms with E-state index in [2.05, 4.69) is 46.5 Å². The molecule has 0 amide bonds. The third-order valence-electron chi connectivity index (χ3n) is 4.24. The Kier molecular flexibility index (Phi) is 6.08. The Labute approximate surface area is 143 Å². The molecule has 1 saturated heterocycles. The number of aromatic nitrogens is 1. The van der Waals surface area contributed by atoms with Crippen molar-refractivity contribution in [1.82, 2.24) is 9.88 Å². The highest BCUT2D eigenvalue weighted by Gasteiger charge is 2.20. The lowest BCUT2D eigenvalue weighted by atomic mass is 10.1. The maximum atomic E-state index is 6.09. The van der Waals surface area contributed by atoms with Gasteiger partial charge in [0.2, 0.25) is 0 Å². The first-order valence-electron chi connectivity index (χ1n) is 8.19. The first kappa shape index (κ1) is 16.5. The number of likely N-dealkylation sites (tertiary alicyclic amines) is 1. The van der Waals surface area contributed by atoms with Crippen molar-refractivity contribution in [3.63, 3.8) is 0 Å². The molecular formula is C19H24N2OS. The van der Waals surface area contributed by atoms with Gasteiger partial charge < -0.3 is 4.74 Å². The van der Waals surface area contributed by atoms with Crippen molar-refractivity contribution in [1.29, 1.82) is 0 Å². The highest BCUT2D eigenvalue weighted by atomic mass is 32.2. The van der Waals surface area contributed by atoms with E-state index < -0.39 is 0 Å². The lowest BCUT2D eigenvalue weighted by Crippen LogP contribution is -2.39. The number of rotatable bonds is 6. The fourth-order valence-corrected chi connectivity index (χ4v) is 3.39. The first-order chi connectivity index (χ1) is 11.3. The summed E-state index contributed by atoms with van der Waals surface area (Å²) in [7, 11) is 0. The van der Waals surface area contributed by atoms with Crippen LogP contribution in [-0.4, -0.2) is 35.3 Å². The van der Waals surface area contributed by atoms with Crippen LogP contribution in [0.5, 0.6) is 0 Å². The van der Waals surface area contributed by atoms with Crippen molar-refractivity contribution >= 4 is 11.8 Å². The van der Waals surface area contributed by atoms with Gasteiger partial charge >= 0.3 is 0 Å². The maximum absolute atomic E-state index is 6.09. The third kappa shape index (κ3) is 5.06. The number of hydrogen-bond donors (Lipinski definition) is 0. The van der Waals surface area contributed by atoms with Gasteiger partial charge in [-0.2, -0.15) is 0 Å². The van der Waals surface area contributed by atoms with Crippen molar-refractivity contribution in [3.05, 3.63) is 59.9 Å². The fourth-order valence-electron chi connectivity index (χ4n) is 2.98. The summed E-state index contributed by atoms with van der Waals surface area (Å²) >= 11 is 1.79. The molecule has 3 rings (SSSR count). The molecule has 2 aromatic rings. The van der Waals surface area contributed by atoms with Gasteiger partial charge in [-0.25, -0.2) is 0 Å². The van der Waals surface area contributed by atoms with Crippen LogP contribution in [0.2, 0.25) is 0 Å². The van der Waals surface area contributed by atoms with Crippen LogP contribution >= 0.6 is 11.8 Å². The number of benzene rings is 1. The maximum Gasteiger partial charge on any atom is 0.0736 e. The molecule has 1 aromatic heterocycles. The topological polar surface area (TPSA) is 25.4 Å². The van der Waals surface area contributed by atoms with E-state index in [-0.39, 0.29) is 0 Å². The van der Waals surface area contributed by atoms with Crippen LogP contribution in [0.3, 0.4) is 0 Å². The van der Waals surface area contributed by atoms with Crippen molar-refractivity contribution in [2.45, 2.75) is 37.0 Å². The average molecular weight is 328 g/mol. The molecule has 0 radical (unpaired) electrons. The summed E-state index contributed by atoms with van der Waals surface area (Å²) in [6.07, 6.45) is 8.49. The predicted molar refractivity (Wildman–Crippen MR) is 95.5 cm³/mol. The van der Waals surface area contributed by atoms with Crippen molar-refractivity contribution in [3.8, 4) is 0 Å². The monoisotopic (exact) mass is 328 g/mol. The highest BCUT2D eigenvalue weighted by Crippen LogP contribution is 2.19. The molecule has 23 heavy (non-hydrogen) atoms. The van der Waals surface area contributed by atoms with Gasteiger partial charge in [0.25, 0.3) is 0 Å². The Bertz CT molecular complexity index is 588. The minimum absolute atomic E-state index is 0.328. The second-order valence-corrected chi connectivity index (χ2v) is 6.90. The third-order valence-corrected chi connectivity index (χ3v) is 4.98. The van der Waals surface area contributed by atoms with E-state index in [1.165, 1.54) is 16.9 Å². The van der Waals surface area contributed by atoms with E-state index in [0.717, 1.165) is 31.6 Å². The molecular weight excluding hydrogens is 304 g/mol. The molecule has 1 aliphatic heterocycles. The number of hydrogen-bond acceptors (Lipinski definition) is 4. The molecule has 1 fully saturated rings. The van der Waals surface area contributed by atoms with Gasteiger partial charge in [-0.3, -0.25) is 9.88 Å². The first-order valence-corrected chi connectivity index (χ1v) is 9.42. The molecule has 1 unspecified atom stereocenters. The molecule has 3 nitrogen and oxygen atoms in total. The molecule has 2 heterocycles. The Balaban J connectivity index is 1.49. The highest BCUT2D eigenvalue weighted by molar-refractivity contribution is 7.98. The zero-order valence-electron chi connectivity index (χ0n) is 13.6. The molecule has 0 saturated carbocycles. The van der Waals surface area contributed by atoms with E-state index in [1.807, 2.05) is 12.3 Å². The summed E-state index contributed by atoms with van der Waals surface area (Å²) in [6, 6.07) is 12.9. The fraction of sp³-hybridized carbons (Fsp3) is 0.421. The standard InChI is InChI=1S/C19H24N2OS/c1-23-19-8-6-16(7-9-19)13-21-11-3-5-18(14-21)22-15-17-4-2-10-20-12-17/h2,4,6-10,12,18H,3,5,11,13-15H2,1H3. The summed E-state index contributed by atoms with van der Waals surface area (Å²) < 4.78 is 6.09. The van der Waals surface area contributed by atoms with Crippen LogP contribution in [-0.2, 0) is 17.9 Å². The lowest BCUT2D eigenvalue weighted by molar-refractivity contribution is -0.0121. The minimum atomic E-state index is 0.328. The van der Waals surface area contributed by atoms with Crippen LogP contribution in [0.1, 0.15) is 24.0 Å².